The van der Waals surface area contributed by atoms with Gasteiger partial charge in [0, 0.05) is 20.8 Å². The van der Waals surface area contributed by atoms with Gasteiger partial charge in [0.1, 0.15) is 5.75 Å². The van der Waals surface area contributed by atoms with Gasteiger partial charge in [-0.3, -0.25) is 0 Å². The average molecular weight is 483 g/mol. The Kier molecular flexibility index (Phi) is 5.81. The summed E-state index contributed by atoms with van der Waals surface area (Å²) >= 11 is 14.8. The highest BCUT2D eigenvalue weighted by molar-refractivity contribution is 8.76. The minimum atomic E-state index is -2.02. The van der Waals surface area contributed by atoms with E-state index in [1.54, 1.807) is 7.11 Å². The van der Waals surface area contributed by atoms with E-state index in [-0.39, 0.29) is 5.66 Å². The second-order valence-corrected chi connectivity index (χ2v) is 16.2. The highest BCUT2D eigenvalue weighted by Crippen LogP contribution is 2.80. The van der Waals surface area contributed by atoms with Crippen LogP contribution in [0.25, 0.3) is 4.91 Å². The standard InChI is InChI=1S/C26H24ClOPS2/c1-17-6-7-18-4-3-5-23-25(19-8-10-20(27)11-9-19)29(30,31-26(23)24(18)16-17)22-14-12-21(28-2)13-15-22/h6-16,25H,3-5H2,1-2H3. The van der Waals surface area contributed by atoms with Gasteiger partial charge in [-0.05, 0) is 90.2 Å². The Labute approximate surface area is 198 Å². The molecule has 158 valence electrons. The number of ether oxygens (including phenoxy) is 1. The average Bonchev–Trinajstić information content (AvgIpc) is 2.98. The van der Waals surface area contributed by atoms with Crippen molar-refractivity contribution in [2.24, 2.45) is 0 Å². The lowest BCUT2D eigenvalue weighted by molar-refractivity contribution is 0.415. The van der Waals surface area contributed by atoms with Gasteiger partial charge in [0.15, 0.2) is 0 Å². The molecule has 0 saturated carbocycles. The van der Waals surface area contributed by atoms with Crippen LogP contribution in [-0.4, -0.2) is 7.11 Å². The number of aryl methyl sites for hydroxylation is 2. The highest BCUT2D eigenvalue weighted by atomic mass is 35.5. The fraction of sp³-hybridized carbons (Fsp3) is 0.231. The first-order chi connectivity index (χ1) is 15.0. The zero-order valence-corrected chi connectivity index (χ0v) is 20.9. The molecule has 0 radical (unpaired) electrons. The van der Waals surface area contributed by atoms with Crippen molar-refractivity contribution in [2.75, 3.05) is 7.11 Å². The lowest BCUT2D eigenvalue weighted by Gasteiger charge is -2.27. The molecular formula is C26H24ClOPS2. The van der Waals surface area contributed by atoms with Crippen molar-refractivity contribution in [3.8, 4) is 5.75 Å². The number of hydrogen-bond donors (Lipinski definition) is 0. The maximum atomic E-state index is 6.63. The molecule has 5 rings (SSSR count). The third kappa shape index (κ3) is 3.80. The maximum absolute atomic E-state index is 6.63. The van der Waals surface area contributed by atoms with Gasteiger partial charge < -0.3 is 4.74 Å². The van der Waals surface area contributed by atoms with E-state index in [1.807, 2.05) is 35.6 Å². The molecule has 1 aliphatic heterocycles. The Morgan fingerprint density at radius 3 is 2.45 bits per heavy atom. The summed E-state index contributed by atoms with van der Waals surface area (Å²) in [7, 11) is 1.71. The monoisotopic (exact) mass is 482 g/mol. The van der Waals surface area contributed by atoms with Crippen LogP contribution in [0.3, 0.4) is 0 Å². The molecule has 1 aliphatic carbocycles. The van der Waals surface area contributed by atoms with E-state index in [9.17, 15) is 0 Å². The minimum absolute atomic E-state index is 0.236. The van der Waals surface area contributed by atoms with Crippen LogP contribution in [0.1, 0.15) is 40.8 Å². The molecule has 3 aromatic carbocycles. The zero-order chi connectivity index (χ0) is 21.6. The Balaban J connectivity index is 1.71. The normalized spacial score (nSPS) is 22.6. The molecule has 0 amide bonds. The van der Waals surface area contributed by atoms with Crippen LogP contribution in [0.15, 0.2) is 72.3 Å². The van der Waals surface area contributed by atoms with Gasteiger partial charge in [0.25, 0.3) is 0 Å². The van der Waals surface area contributed by atoms with Crippen LogP contribution in [0, 0.1) is 6.92 Å². The molecule has 0 spiro atoms. The second kappa shape index (κ2) is 8.45. The molecule has 2 unspecified atom stereocenters. The summed E-state index contributed by atoms with van der Waals surface area (Å²) in [4.78, 5) is 1.43. The van der Waals surface area contributed by atoms with Gasteiger partial charge in [0.05, 0.1) is 7.11 Å². The first kappa shape index (κ1) is 21.3. The fourth-order valence-corrected chi connectivity index (χ4v) is 13.1. The predicted molar refractivity (Wildman–Crippen MR) is 140 cm³/mol. The molecule has 3 aromatic rings. The summed E-state index contributed by atoms with van der Waals surface area (Å²) in [6, 6.07) is 23.7. The molecule has 0 fully saturated rings. The predicted octanol–water partition coefficient (Wildman–Crippen LogP) is 7.91. The number of hydrogen-bond acceptors (Lipinski definition) is 3. The SMILES string of the molecule is COc1ccc(P2(=S)SC3=C(CCCc4ccc(C)cc43)C2c2ccc(Cl)cc2)cc1. The summed E-state index contributed by atoms with van der Waals surface area (Å²) in [5.41, 5.74) is 7.21. The van der Waals surface area contributed by atoms with E-state index in [1.165, 1.54) is 38.0 Å². The van der Waals surface area contributed by atoms with Crippen molar-refractivity contribution in [1.29, 1.82) is 0 Å². The van der Waals surface area contributed by atoms with E-state index < -0.39 is 5.24 Å². The van der Waals surface area contributed by atoms with Crippen LogP contribution < -0.4 is 10.0 Å². The van der Waals surface area contributed by atoms with Crippen LogP contribution in [-0.2, 0) is 18.2 Å². The summed E-state index contributed by atoms with van der Waals surface area (Å²) in [6.45, 7) is 2.18. The van der Waals surface area contributed by atoms with E-state index in [0.717, 1.165) is 30.0 Å². The lowest BCUT2D eigenvalue weighted by Crippen LogP contribution is -2.09. The molecular weight excluding hydrogens is 459 g/mol. The largest absolute Gasteiger partial charge is 0.497 e. The Morgan fingerprint density at radius 2 is 1.74 bits per heavy atom. The molecule has 1 heterocycles. The number of methoxy groups -OCH3 is 1. The smallest absolute Gasteiger partial charge is 0.118 e. The third-order valence-corrected chi connectivity index (χ3v) is 14.3. The highest BCUT2D eigenvalue weighted by Gasteiger charge is 2.44. The van der Waals surface area contributed by atoms with Crippen molar-refractivity contribution < 1.29 is 4.74 Å². The molecule has 2 atom stereocenters. The van der Waals surface area contributed by atoms with Crippen molar-refractivity contribution in [1.82, 2.24) is 0 Å². The minimum Gasteiger partial charge on any atom is -0.497 e. The van der Waals surface area contributed by atoms with Gasteiger partial charge in [-0.1, -0.05) is 70.7 Å². The Hall–Kier alpha value is -1.51. The molecule has 1 nitrogen and oxygen atoms in total. The second-order valence-electron chi connectivity index (χ2n) is 8.21. The summed E-state index contributed by atoms with van der Waals surface area (Å²) in [5.74, 6) is 0.869. The van der Waals surface area contributed by atoms with Crippen LogP contribution >= 0.6 is 28.2 Å². The van der Waals surface area contributed by atoms with Gasteiger partial charge >= 0.3 is 0 Å². The van der Waals surface area contributed by atoms with Gasteiger partial charge in [-0.15, -0.1) is 0 Å². The number of allylic oxidation sites excluding steroid dienone is 1. The van der Waals surface area contributed by atoms with Gasteiger partial charge in [-0.2, -0.15) is 0 Å². The number of halogens is 1. The van der Waals surface area contributed by atoms with E-state index in [4.69, 9.17) is 28.1 Å². The van der Waals surface area contributed by atoms with Crippen LogP contribution in [0.4, 0.5) is 0 Å². The molecule has 5 heteroatoms. The van der Waals surface area contributed by atoms with Crippen molar-refractivity contribution in [3.63, 3.8) is 0 Å². The Bertz CT molecular complexity index is 1220. The summed E-state index contributed by atoms with van der Waals surface area (Å²) < 4.78 is 5.41. The number of rotatable bonds is 3. The van der Waals surface area contributed by atoms with E-state index >= 15 is 0 Å². The van der Waals surface area contributed by atoms with Gasteiger partial charge in [0.2, 0.25) is 0 Å². The molecule has 0 bridgehead atoms. The molecule has 2 aliphatic rings. The van der Waals surface area contributed by atoms with Gasteiger partial charge in [-0.25, -0.2) is 0 Å². The maximum Gasteiger partial charge on any atom is 0.118 e. The number of benzene rings is 3. The zero-order valence-electron chi connectivity index (χ0n) is 17.6. The Morgan fingerprint density at radius 1 is 1.00 bits per heavy atom. The molecule has 0 aromatic heterocycles. The molecule has 0 N–H and O–H groups in total. The van der Waals surface area contributed by atoms with E-state index in [0.29, 0.717) is 0 Å². The van der Waals surface area contributed by atoms with Crippen LogP contribution in [0.5, 0.6) is 5.75 Å². The quantitative estimate of drug-likeness (QED) is 0.351. The topological polar surface area (TPSA) is 9.23 Å². The fourth-order valence-electron chi connectivity index (χ4n) is 4.67. The third-order valence-electron chi connectivity index (χ3n) is 6.21. The van der Waals surface area contributed by atoms with Crippen molar-refractivity contribution in [2.45, 2.75) is 31.8 Å². The number of fused-ring (bicyclic) bond motifs is 2. The molecule has 0 saturated heterocycles. The van der Waals surface area contributed by atoms with Crippen molar-refractivity contribution in [3.05, 3.63) is 99.6 Å². The first-order valence-electron chi connectivity index (χ1n) is 10.5. The molecule has 31 heavy (non-hydrogen) atoms. The summed E-state index contributed by atoms with van der Waals surface area (Å²) in [5, 5.41) is 0.00865. The first-order valence-corrected chi connectivity index (χ1v) is 15.2. The summed E-state index contributed by atoms with van der Waals surface area (Å²) in [6.07, 6.45) is 3.39. The van der Waals surface area contributed by atoms with Crippen LogP contribution in [0.2, 0.25) is 5.02 Å². The van der Waals surface area contributed by atoms with Crippen molar-refractivity contribution >= 4 is 50.2 Å². The lowest BCUT2D eigenvalue weighted by atomic mass is 9.99. The van der Waals surface area contributed by atoms with E-state index in [2.05, 4.69) is 49.4 Å².